The van der Waals surface area contributed by atoms with E-state index in [1.807, 2.05) is 25.1 Å². The fourth-order valence-corrected chi connectivity index (χ4v) is 4.55. The molecule has 39 heavy (non-hydrogen) atoms. The molecule has 0 spiro atoms. The summed E-state index contributed by atoms with van der Waals surface area (Å²) in [6, 6.07) is 15.7. The van der Waals surface area contributed by atoms with Crippen LogP contribution >= 0.6 is 15.9 Å². The van der Waals surface area contributed by atoms with Crippen molar-refractivity contribution < 1.29 is 13.9 Å². The van der Waals surface area contributed by atoms with Crippen LogP contribution in [-0.4, -0.2) is 22.5 Å². The van der Waals surface area contributed by atoms with Gasteiger partial charge < -0.3 is 9.47 Å². The molecule has 6 nitrogen and oxygen atoms in total. The average Bonchev–Trinajstić information content (AvgIpc) is 2.92. The number of unbranched alkanes of at least 4 members (excludes halogenated alkanes) is 1. The topological polar surface area (TPSA) is 65.7 Å². The first-order chi connectivity index (χ1) is 18.9. The molecule has 202 valence electrons. The van der Waals surface area contributed by atoms with E-state index in [9.17, 15) is 9.18 Å². The van der Waals surface area contributed by atoms with Gasteiger partial charge in [-0.1, -0.05) is 53.5 Å². The van der Waals surface area contributed by atoms with Crippen LogP contribution < -0.4 is 15.0 Å². The summed E-state index contributed by atoms with van der Waals surface area (Å²) in [6.07, 6.45) is 6.37. The molecule has 3 aromatic carbocycles. The molecule has 0 bridgehead atoms. The summed E-state index contributed by atoms with van der Waals surface area (Å²) in [6.45, 7) is 8.31. The lowest BCUT2D eigenvalue weighted by atomic mass is 10.1. The number of benzene rings is 3. The van der Waals surface area contributed by atoms with Gasteiger partial charge in [-0.15, -0.1) is 6.58 Å². The van der Waals surface area contributed by atoms with Crippen LogP contribution in [0.2, 0.25) is 0 Å². The molecule has 0 N–H and O–H groups in total. The number of ether oxygens (including phenoxy) is 2. The Morgan fingerprint density at radius 1 is 1.10 bits per heavy atom. The molecule has 4 aromatic rings. The molecule has 1 heterocycles. The molecular formula is C31H31BrFN3O3. The van der Waals surface area contributed by atoms with Crippen molar-refractivity contribution in [1.82, 2.24) is 9.66 Å². The van der Waals surface area contributed by atoms with Crippen molar-refractivity contribution in [2.75, 3.05) is 6.61 Å². The number of hydrogen-bond donors (Lipinski definition) is 0. The molecule has 0 aliphatic rings. The van der Waals surface area contributed by atoms with Gasteiger partial charge in [0.2, 0.25) is 0 Å². The third kappa shape index (κ3) is 6.81. The van der Waals surface area contributed by atoms with E-state index in [1.165, 1.54) is 10.7 Å². The number of aryl methyl sites for hydroxylation is 1. The van der Waals surface area contributed by atoms with Gasteiger partial charge in [0.1, 0.15) is 18.2 Å². The minimum Gasteiger partial charge on any atom is -0.490 e. The maximum Gasteiger partial charge on any atom is 0.282 e. The monoisotopic (exact) mass is 591 g/mol. The van der Waals surface area contributed by atoms with Crippen LogP contribution in [0.5, 0.6) is 11.5 Å². The van der Waals surface area contributed by atoms with Gasteiger partial charge in [0.25, 0.3) is 5.56 Å². The first-order valence-electron chi connectivity index (χ1n) is 13.0. The Morgan fingerprint density at radius 2 is 1.92 bits per heavy atom. The zero-order chi connectivity index (χ0) is 27.8. The van der Waals surface area contributed by atoms with E-state index in [4.69, 9.17) is 14.5 Å². The molecular weight excluding hydrogens is 561 g/mol. The molecule has 0 aliphatic carbocycles. The van der Waals surface area contributed by atoms with Gasteiger partial charge in [-0.25, -0.2) is 9.37 Å². The van der Waals surface area contributed by atoms with Gasteiger partial charge in [0, 0.05) is 22.0 Å². The van der Waals surface area contributed by atoms with Crippen LogP contribution in [0.3, 0.4) is 0 Å². The van der Waals surface area contributed by atoms with Crippen molar-refractivity contribution in [3.05, 3.63) is 110 Å². The van der Waals surface area contributed by atoms with Gasteiger partial charge in [-0.05, 0) is 61.7 Å². The maximum absolute atomic E-state index is 14.2. The normalized spacial score (nSPS) is 11.3. The molecule has 1 aromatic heterocycles. The maximum atomic E-state index is 14.2. The summed E-state index contributed by atoms with van der Waals surface area (Å²) in [7, 11) is 0. The Hall–Kier alpha value is -3.78. The number of rotatable bonds is 12. The molecule has 0 fully saturated rings. The summed E-state index contributed by atoms with van der Waals surface area (Å²) in [5.41, 5.74) is 2.39. The van der Waals surface area contributed by atoms with Crippen molar-refractivity contribution in [1.29, 1.82) is 0 Å². The van der Waals surface area contributed by atoms with Gasteiger partial charge in [0.15, 0.2) is 11.5 Å². The number of allylic oxidation sites excluding steroid dienone is 1. The number of hydrogen-bond acceptors (Lipinski definition) is 5. The summed E-state index contributed by atoms with van der Waals surface area (Å²) in [5, 5.41) is 5.06. The van der Waals surface area contributed by atoms with Crippen LogP contribution in [0.25, 0.3) is 10.9 Å². The van der Waals surface area contributed by atoms with Crippen molar-refractivity contribution >= 4 is 33.0 Å². The molecule has 0 amide bonds. The zero-order valence-electron chi connectivity index (χ0n) is 22.1. The Balaban J connectivity index is 1.75. The van der Waals surface area contributed by atoms with Crippen molar-refractivity contribution in [2.24, 2.45) is 5.10 Å². The second-order valence-corrected chi connectivity index (χ2v) is 9.88. The third-order valence-corrected chi connectivity index (χ3v) is 6.59. The minimum absolute atomic E-state index is 0.0544. The van der Waals surface area contributed by atoms with Crippen molar-refractivity contribution in [2.45, 2.75) is 46.1 Å². The standard InChI is InChI=1S/C31H31BrFN3O3/c1-4-7-13-29-35-27-15-14-24(32)18-25(27)31(37)36(29)34-19-21-16-22(10-5-2)30(28(17-21)38-6-3)39-20-23-11-8-9-12-26(23)33/h5,8-9,11-12,14-19H,2,4,6-7,10,13,20H2,1,3H3. The van der Waals surface area contributed by atoms with Crippen LogP contribution in [0.4, 0.5) is 4.39 Å². The molecule has 8 heteroatoms. The molecule has 0 unspecified atom stereocenters. The summed E-state index contributed by atoms with van der Waals surface area (Å²) in [4.78, 5) is 18.2. The predicted molar refractivity (Wildman–Crippen MR) is 158 cm³/mol. The van der Waals surface area contributed by atoms with Crippen LogP contribution in [0, 0.1) is 5.82 Å². The number of aromatic nitrogens is 2. The van der Waals surface area contributed by atoms with Crippen molar-refractivity contribution in [3.8, 4) is 11.5 Å². The highest BCUT2D eigenvalue weighted by Crippen LogP contribution is 2.34. The molecule has 0 saturated carbocycles. The van der Waals surface area contributed by atoms with E-state index < -0.39 is 0 Å². The predicted octanol–water partition coefficient (Wildman–Crippen LogP) is 7.23. The van der Waals surface area contributed by atoms with E-state index in [2.05, 4.69) is 34.5 Å². The molecule has 4 rings (SSSR count). The fraction of sp³-hybridized carbons (Fsp3) is 0.258. The van der Waals surface area contributed by atoms with E-state index in [1.54, 1.807) is 42.6 Å². The highest BCUT2D eigenvalue weighted by atomic mass is 79.9. The third-order valence-electron chi connectivity index (χ3n) is 6.10. The highest BCUT2D eigenvalue weighted by Gasteiger charge is 2.15. The quantitative estimate of drug-likeness (QED) is 0.129. The fourth-order valence-electron chi connectivity index (χ4n) is 4.19. The van der Waals surface area contributed by atoms with Gasteiger partial charge >= 0.3 is 0 Å². The van der Waals surface area contributed by atoms with Gasteiger partial charge in [-0.3, -0.25) is 4.79 Å². The Labute approximate surface area is 235 Å². The van der Waals surface area contributed by atoms with Gasteiger partial charge in [0.05, 0.1) is 23.7 Å². The smallest absolute Gasteiger partial charge is 0.282 e. The van der Waals surface area contributed by atoms with Crippen LogP contribution in [0.1, 0.15) is 49.2 Å². The first kappa shape index (κ1) is 28.2. The average molecular weight is 593 g/mol. The lowest BCUT2D eigenvalue weighted by molar-refractivity contribution is 0.263. The van der Waals surface area contributed by atoms with Crippen LogP contribution in [-0.2, 0) is 19.4 Å². The molecule has 0 atom stereocenters. The Bertz CT molecular complexity index is 1570. The largest absolute Gasteiger partial charge is 0.490 e. The van der Waals surface area contributed by atoms with E-state index in [-0.39, 0.29) is 18.0 Å². The van der Waals surface area contributed by atoms with Crippen molar-refractivity contribution in [3.63, 3.8) is 0 Å². The second kappa shape index (κ2) is 13.3. The molecule has 0 saturated heterocycles. The first-order valence-corrected chi connectivity index (χ1v) is 13.8. The van der Waals surface area contributed by atoms with E-state index in [0.29, 0.717) is 53.2 Å². The van der Waals surface area contributed by atoms with Crippen LogP contribution in [0.15, 0.2) is 81.6 Å². The lowest BCUT2D eigenvalue weighted by Crippen LogP contribution is -2.22. The van der Waals surface area contributed by atoms with Gasteiger partial charge in [-0.2, -0.15) is 9.78 Å². The van der Waals surface area contributed by atoms with E-state index >= 15 is 0 Å². The Morgan fingerprint density at radius 3 is 2.67 bits per heavy atom. The number of nitrogens with zero attached hydrogens (tertiary/aromatic N) is 3. The zero-order valence-corrected chi connectivity index (χ0v) is 23.7. The Kier molecular flexibility index (Phi) is 9.65. The highest BCUT2D eigenvalue weighted by molar-refractivity contribution is 9.10. The number of fused-ring (bicyclic) bond motifs is 1. The molecule has 0 aliphatic heterocycles. The minimum atomic E-state index is -0.329. The number of halogens is 2. The summed E-state index contributed by atoms with van der Waals surface area (Å²) < 4.78 is 28.4. The summed E-state index contributed by atoms with van der Waals surface area (Å²) >= 11 is 3.44. The lowest BCUT2D eigenvalue weighted by Gasteiger charge is -2.17. The van der Waals surface area contributed by atoms with E-state index in [0.717, 1.165) is 28.4 Å². The SMILES string of the molecule is C=CCc1cc(C=Nn2c(CCCC)nc3ccc(Br)cc3c2=O)cc(OCC)c1OCc1ccccc1F. The second-order valence-electron chi connectivity index (χ2n) is 8.97. The summed E-state index contributed by atoms with van der Waals surface area (Å²) in [5.74, 6) is 1.31. The molecule has 0 radical (unpaired) electrons.